The van der Waals surface area contributed by atoms with E-state index >= 15 is 0 Å². The molecule has 0 saturated carbocycles. The van der Waals surface area contributed by atoms with Crippen LogP contribution in [0, 0.1) is 0 Å². The Morgan fingerprint density at radius 1 is 1.04 bits per heavy atom. The number of amides is 2. The van der Waals surface area contributed by atoms with Crippen LogP contribution in [0.25, 0.3) is 0 Å². The summed E-state index contributed by atoms with van der Waals surface area (Å²) in [6, 6.07) is 13.8. The Bertz CT molecular complexity index is 828. The van der Waals surface area contributed by atoms with Crippen LogP contribution in [-0.2, 0) is 16.1 Å². The lowest BCUT2D eigenvalue weighted by atomic mass is 10.1. The molecule has 0 aromatic heterocycles. The number of hydrogen-bond donors (Lipinski definition) is 1. The van der Waals surface area contributed by atoms with Crippen molar-refractivity contribution in [2.75, 3.05) is 18.5 Å². The van der Waals surface area contributed by atoms with Gasteiger partial charge in [0.25, 0.3) is 5.91 Å². The second-order valence-electron chi connectivity index (χ2n) is 6.37. The highest BCUT2D eigenvalue weighted by atomic mass is 16.5. The molecule has 140 valence electrons. The van der Waals surface area contributed by atoms with Crippen LogP contribution in [0.2, 0.25) is 0 Å². The van der Waals surface area contributed by atoms with Gasteiger partial charge in [-0.3, -0.25) is 9.59 Å². The smallest absolute Gasteiger partial charge is 0.338 e. The van der Waals surface area contributed by atoms with E-state index in [0.717, 1.165) is 18.5 Å². The summed E-state index contributed by atoms with van der Waals surface area (Å²) in [5, 5.41) is 2.80. The number of hydrogen-bond acceptors (Lipinski definition) is 4. The number of nitrogens with one attached hydrogen (secondary N) is 1. The summed E-state index contributed by atoms with van der Waals surface area (Å²) in [5.74, 6) is -0.437. The molecule has 1 heterocycles. The van der Waals surface area contributed by atoms with Crippen LogP contribution in [0.1, 0.15) is 46.0 Å². The molecule has 6 heteroatoms. The third-order valence-corrected chi connectivity index (χ3v) is 4.41. The molecule has 0 aliphatic carbocycles. The minimum absolute atomic E-state index is 0.183. The van der Waals surface area contributed by atoms with Crippen LogP contribution >= 0.6 is 0 Å². The number of likely N-dealkylation sites (tertiary alicyclic amines) is 1. The first-order chi connectivity index (χ1) is 13.1. The summed E-state index contributed by atoms with van der Waals surface area (Å²) in [6.07, 6.45) is 1.53. The average Bonchev–Trinajstić information content (AvgIpc) is 3.07. The van der Waals surface area contributed by atoms with Crippen molar-refractivity contribution in [2.45, 2.75) is 26.3 Å². The van der Waals surface area contributed by atoms with E-state index in [-0.39, 0.29) is 17.8 Å². The standard InChI is InChI=1S/C21H22N2O4/c1-2-27-21(26)17-9-11-18(12-10-17)22-20(25)16-7-5-15(6-8-16)14-23-13-3-4-19(23)24/h5-12H,2-4,13-14H2,1H3,(H,22,25). The molecule has 1 aliphatic rings. The maximum absolute atomic E-state index is 12.4. The Morgan fingerprint density at radius 2 is 1.70 bits per heavy atom. The van der Waals surface area contributed by atoms with E-state index in [0.29, 0.717) is 36.4 Å². The maximum Gasteiger partial charge on any atom is 0.338 e. The molecular weight excluding hydrogens is 344 g/mol. The molecule has 2 aromatic carbocycles. The first-order valence-corrected chi connectivity index (χ1v) is 9.02. The minimum atomic E-state index is -0.387. The van der Waals surface area contributed by atoms with E-state index in [1.165, 1.54) is 0 Å². The lowest BCUT2D eigenvalue weighted by Gasteiger charge is -2.15. The highest BCUT2D eigenvalue weighted by molar-refractivity contribution is 6.04. The number of nitrogens with zero attached hydrogens (tertiary/aromatic N) is 1. The number of carbonyl (C=O) groups excluding carboxylic acids is 3. The summed E-state index contributed by atoms with van der Waals surface area (Å²) in [4.78, 5) is 37.5. The van der Waals surface area contributed by atoms with E-state index in [1.54, 1.807) is 43.3 Å². The Hall–Kier alpha value is -3.15. The Labute approximate surface area is 158 Å². The molecule has 1 fully saturated rings. The van der Waals surface area contributed by atoms with Crippen LogP contribution in [0.5, 0.6) is 0 Å². The van der Waals surface area contributed by atoms with Crippen LogP contribution in [0.15, 0.2) is 48.5 Å². The van der Waals surface area contributed by atoms with E-state index in [1.807, 2.05) is 17.0 Å². The van der Waals surface area contributed by atoms with Gasteiger partial charge >= 0.3 is 5.97 Å². The van der Waals surface area contributed by atoms with Crippen molar-refractivity contribution in [3.8, 4) is 0 Å². The zero-order valence-electron chi connectivity index (χ0n) is 15.2. The fraction of sp³-hybridized carbons (Fsp3) is 0.286. The first kappa shape index (κ1) is 18.6. The van der Waals surface area contributed by atoms with Gasteiger partial charge in [-0.1, -0.05) is 12.1 Å². The Kier molecular flexibility index (Phi) is 5.86. The van der Waals surface area contributed by atoms with Gasteiger partial charge in [0.2, 0.25) is 5.91 Å². The maximum atomic E-state index is 12.4. The highest BCUT2D eigenvalue weighted by Crippen LogP contribution is 2.16. The predicted octanol–water partition coefficient (Wildman–Crippen LogP) is 3.24. The monoisotopic (exact) mass is 366 g/mol. The molecule has 1 aliphatic heterocycles. The second kappa shape index (κ2) is 8.49. The molecule has 0 spiro atoms. The molecule has 1 saturated heterocycles. The van der Waals surface area contributed by atoms with E-state index in [2.05, 4.69) is 5.32 Å². The number of anilines is 1. The van der Waals surface area contributed by atoms with Crippen molar-refractivity contribution in [1.82, 2.24) is 4.90 Å². The Morgan fingerprint density at radius 3 is 2.30 bits per heavy atom. The minimum Gasteiger partial charge on any atom is -0.462 e. The fourth-order valence-corrected chi connectivity index (χ4v) is 2.96. The van der Waals surface area contributed by atoms with Gasteiger partial charge in [0, 0.05) is 30.8 Å². The SMILES string of the molecule is CCOC(=O)c1ccc(NC(=O)c2ccc(CN3CCCC3=O)cc2)cc1. The number of esters is 1. The highest BCUT2D eigenvalue weighted by Gasteiger charge is 2.20. The largest absolute Gasteiger partial charge is 0.462 e. The molecule has 1 N–H and O–H groups in total. The van der Waals surface area contributed by atoms with Crippen molar-refractivity contribution in [1.29, 1.82) is 0 Å². The second-order valence-corrected chi connectivity index (χ2v) is 6.37. The van der Waals surface area contributed by atoms with Gasteiger partial charge in [-0.2, -0.15) is 0 Å². The summed E-state index contributed by atoms with van der Waals surface area (Å²) in [6.45, 7) is 3.44. The molecule has 2 aromatic rings. The normalized spacial score (nSPS) is 13.5. The molecule has 3 rings (SSSR count). The summed E-state index contributed by atoms with van der Waals surface area (Å²) in [7, 11) is 0. The van der Waals surface area contributed by atoms with Crippen molar-refractivity contribution in [2.24, 2.45) is 0 Å². The summed E-state index contributed by atoms with van der Waals surface area (Å²) in [5.41, 5.74) is 2.57. The van der Waals surface area contributed by atoms with E-state index < -0.39 is 0 Å². The number of rotatable bonds is 6. The lowest BCUT2D eigenvalue weighted by Crippen LogP contribution is -2.23. The van der Waals surface area contributed by atoms with Crippen LogP contribution < -0.4 is 5.32 Å². The molecule has 0 radical (unpaired) electrons. The van der Waals surface area contributed by atoms with Gasteiger partial charge in [0.05, 0.1) is 12.2 Å². The summed E-state index contributed by atoms with van der Waals surface area (Å²) < 4.78 is 4.93. The number of carbonyl (C=O) groups is 3. The van der Waals surface area contributed by atoms with Crippen LogP contribution in [0.4, 0.5) is 5.69 Å². The third-order valence-electron chi connectivity index (χ3n) is 4.41. The van der Waals surface area contributed by atoms with Gasteiger partial charge in [-0.25, -0.2) is 4.79 Å². The van der Waals surface area contributed by atoms with Gasteiger partial charge in [0.15, 0.2) is 0 Å². The molecule has 0 unspecified atom stereocenters. The molecule has 27 heavy (non-hydrogen) atoms. The van der Waals surface area contributed by atoms with E-state index in [4.69, 9.17) is 4.74 Å². The van der Waals surface area contributed by atoms with Crippen molar-refractivity contribution in [3.63, 3.8) is 0 Å². The topological polar surface area (TPSA) is 75.7 Å². The predicted molar refractivity (Wildman–Crippen MR) is 101 cm³/mol. The average molecular weight is 366 g/mol. The van der Waals surface area contributed by atoms with Crippen LogP contribution in [0.3, 0.4) is 0 Å². The first-order valence-electron chi connectivity index (χ1n) is 9.02. The molecule has 0 atom stereocenters. The number of ether oxygens (including phenoxy) is 1. The molecular formula is C21H22N2O4. The quantitative estimate of drug-likeness (QED) is 0.797. The Balaban J connectivity index is 1.59. The van der Waals surface area contributed by atoms with Gasteiger partial charge in [-0.15, -0.1) is 0 Å². The van der Waals surface area contributed by atoms with E-state index in [9.17, 15) is 14.4 Å². The lowest BCUT2D eigenvalue weighted by molar-refractivity contribution is -0.128. The van der Waals surface area contributed by atoms with Crippen molar-refractivity contribution >= 4 is 23.5 Å². The van der Waals surface area contributed by atoms with Crippen molar-refractivity contribution < 1.29 is 19.1 Å². The zero-order valence-corrected chi connectivity index (χ0v) is 15.2. The molecule has 6 nitrogen and oxygen atoms in total. The number of benzene rings is 2. The zero-order chi connectivity index (χ0) is 19.2. The van der Waals surface area contributed by atoms with Gasteiger partial charge in [0.1, 0.15) is 0 Å². The van der Waals surface area contributed by atoms with Gasteiger partial charge < -0.3 is 15.0 Å². The van der Waals surface area contributed by atoms with Crippen molar-refractivity contribution in [3.05, 3.63) is 65.2 Å². The summed E-state index contributed by atoms with van der Waals surface area (Å²) >= 11 is 0. The van der Waals surface area contributed by atoms with Gasteiger partial charge in [-0.05, 0) is 55.3 Å². The molecule has 2 amide bonds. The third kappa shape index (κ3) is 4.73. The fourth-order valence-electron chi connectivity index (χ4n) is 2.96. The molecule has 0 bridgehead atoms. The van der Waals surface area contributed by atoms with Crippen LogP contribution in [-0.4, -0.2) is 35.8 Å².